The molecule has 0 aromatic heterocycles. The van der Waals surface area contributed by atoms with E-state index < -0.39 is 0 Å². The average Bonchev–Trinajstić information content (AvgIpc) is 2.65. The Balaban J connectivity index is 1.63. The van der Waals surface area contributed by atoms with Crippen molar-refractivity contribution in [3.05, 3.63) is 29.3 Å². The van der Waals surface area contributed by atoms with Crippen molar-refractivity contribution in [2.45, 2.75) is 77.2 Å². The van der Waals surface area contributed by atoms with E-state index in [2.05, 4.69) is 32.2 Å². The van der Waals surface area contributed by atoms with E-state index in [1.165, 1.54) is 11.1 Å². The lowest BCUT2D eigenvalue weighted by Crippen LogP contribution is -2.46. The number of phenolic OH excluding ortho intramolecular Hbond substituents is 1. The van der Waals surface area contributed by atoms with Gasteiger partial charge in [0, 0.05) is 19.6 Å². The number of methoxy groups -OCH3 is 1. The fraction of sp³-hybridized carbons (Fsp3) is 0.696. The minimum absolute atomic E-state index is 0.0186. The van der Waals surface area contributed by atoms with Gasteiger partial charge >= 0.3 is 0 Å². The van der Waals surface area contributed by atoms with E-state index in [1.807, 2.05) is 6.07 Å². The Morgan fingerprint density at radius 3 is 2.59 bits per heavy atom. The number of rotatable bonds is 5. The molecule has 1 atom stereocenters. The summed E-state index contributed by atoms with van der Waals surface area (Å²) in [6.07, 6.45) is 7.15. The van der Waals surface area contributed by atoms with Crippen LogP contribution in [0, 0.1) is 11.3 Å². The monoisotopic (exact) mass is 373 g/mol. The molecule has 1 aromatic carbocycles. The molecule has 0 aliphatic heterocycles. The van der Waals surface area contributed by atoms with Gasteiger partial charge in [-0.3, -0.25) is 4.79 Å². The van der Waals surface area contributed by atoms with Gasteiger partial charge in [0.05, 0.1) is 6.10 Å². The summed E-state index contributed by atoms with van der Waals surface area (Å²) in [5.74, 6) is 0.677. The molecular weight excluding hydrogens is 338 g/mol. The molecule has 0 bridgehead atoms. The van der Waals surface area contributed by atoms with Gasteiger partial charge in [0.15, 0.2) is 0 Å². The number of carbonyl (C=O) groups is 1. The minimum Gasteiger partial charge on any atom is -0.508 e. The van der Waals surface area contributed by atoms with E-state index in [9.17, 15) is 9.90 Å². The molecule has 1 saturated carbocycles. The number of amides is 1. The number of ether oxygens (including phenoxy) is 1. The van der Waals surface area contributed by atoms with Crippen molar-refractivity contribution in [1.82, 2.24) is 5.32 Å². The Bertz CT molecular complexity index is 676. The standard InChI is InChI=1S/C23H35NO3/c1-22(2)12-11-17-15-18(25)7-10-20(17)23(22,3)13-14-24-21(26)16-5-8-19(27-4)9-6-16/h7,10,15-16,19,25H,5-6,8-9,11-14H2,1-4H3,(H,24,26). The predicted octanol–water partition coefficient (Wildman–Crippen LogP) is 4.33. The highest BCUT2D eigenvalue weighted by Gasteiger charge is 2.45. The van der Waals surface area contributed by atoms with Crippen LogP contribution in [0.3, 0.4) is 0 Å². The summed E-state index contributed by atoms with van der Waals surface area (Å²) in [5.41, 5.74) is 2.71. The molecule has 1 fully saturated rings. The van der Waals surface area contributed by atoms with Crippen LogP contribution < -0.4 is 5.32 Å². The molecule has 1 unspecified atom stereocenters. The number of hydrogen-bond acceptors (Lipinski definition) is 3. The molecule has 0 spiro atoms. The van der Waals surface area contributed by atoms with Crippen molar-refractivity contribution >= 4 is 5.91 Å². The highest BCUT2D eigenvalue weighted by Crippen LogP contribution is 2.52. The molecular formula is C23H35NO3. The minimum atomic E-state index is -0.0186. The van der Waals surface area contributed by atoms with Crippen molar-refractivity contribution in [2.75, 3.05) is 13.7 Å². The van der Waals surface area contributed by atoms with E-state index in [0.29, 0.717) is 18.4 Å². The maximum atomic E-state index is 12.6. The number of hydrogen-bond donors (Lipinski definition) is 2. The SMILES string of the molecule is COC1CCC(C(=O)NCCC2(C)c3ccc(O)cc3CCC2(C)C)CC1. The first-order valence-electron chi connectivity index (χ1n) is 10.4. The van der Waals surface area contributed by atoms with Crippen molar-refractivity contribution in [3.63, 3.8) is 0 Å². The summed E-state index contributed by atoms with van der Waals surface area (Å²) < 4.78 is 5.41. The fourth-order valence-corrected chi connectivity index (χ4v) is 5.03. The van der Waals surface area contributed by atoms with Gasteiger partial charge in [-0.15, -0.1) is 0 Å². The largest absolute Gasteiger partial charge is 0.508 e. The summed E-state index contributed by atoms with van der Waals surface area (Å²) in [5, 5.41) is 13.1. The van der Waals surface area contributed by atoms with Crippen LogP contribution in [-0.2, 0) is 21.4 Å². The van der Waals surface area contributed by atoms with Crippen molar-refractivity contribution in [3.8, 4) is 5.75 Å². The lowest BCUT2D eigenvalue weighted by molar-refractivity contribution is -0.126. The third kappa shape index (κ3) is 4.01. The van der Waals surface area contributed by atoms with E-state index in [4.69, 9.17) is 4.74 Å². The Kier molecular flexibility index (Phi) is 5.85. The topological polar surface area (TPSA) is 58.6 Å². The Hall–Kier alpha value is -1.55. The highest BCUT2D eigenvalue weighted by atomic mass is 16.5. The second-order valence-electron chi connectivity index (χ2n) is 9.31. The zero-order valence-corrected chi connectivity index (χ0v) is 17.3. The quantitative estimate of drug-likeness (QED) is 0.807. The molecule has 0 radical (unpaired) electrons. The molecule has 2 aliphatic carbocycles. The van der Waals surface area contributed by atoms with E-state index in [0.717, 1.165) is 44.9 Å². The lowest BCUT2D eigenvalue weighted by Gasteiger charge is -2.49. The Morgan fingerprint density at radius 2 is 1.93 bits per heavy atom. The van der Waals surface area contributed by atoms with Crippen molar-refractivity contribution in [2.24, 2.45) is 11.3 Å². The van der Waals surface area contributed by atoms with Gasteiger partial charge in [-0.1, -0.05) is 26.8 Å². The molecule has 1 aromatic rings. The van der Waals surface area contributed by atoms with Gasteiger partial charge in [-0.05, 0) is 79.0 Å². The number of nitrogens with one attached hydrogen (secondary N) is 1. The summed E-state index contributed by atoms with van der Waals surface area (Å²) in [6, 6.07) is 5.79. The molecule has 2 N–H and O–H groups in total. The summed E-state index contributed by atoms with van der Waals surface area (Å²) in [7, 11) is 1.76. The van der Waals surface area contributed by atoms with Gasteiger partial charge in [-0.2, -0.15) is 0 Å². The lowest BCUT2D eigenvalue weighted by atomic mass is 9.55. The van der Waals surface area contributed by atoms with Crippen LogP contribution in [0.2, 0.25) is 0 Å². The first-order chi connectivity index (χ1) is 12.8. The van der Waals surface area contributed by atoms with Crippen LogP contribution in [0.4, 0.5) is 0 Å². The number of carbonyl (C=O) groups excluding carboxylic acids is 1. The Morgan fingerprint density at radius 1 is 1.22 bits per heavy atom. The van der Waals surface area contributed by atoms with Crippen LogP contribution in [0.15, 0.2) is 18.2 Å². The molecule has 150 valence electrons. The van der Waals surface area contributed by atoms with Gasteiger partial charge in [0.1, 0.15) is 5.75 Å². The normalized spacial score (nSPS) is 29.8. The highest BCUT2D eigenvalue weighted by molar-refractivity contribution is 5.78. The zero-order chi connectivity index (χ0) is 19.7. The number of benzene rings is 1. The molecule has 0 heterocycles. The Labute approximate surface area is 163 Å². The van der Waals surface area contributed by atoms with Crippen LogP contribution in [0.25, 0.3) is 0 Å². The molecule has 4 nitrogen and oxygen atoms in total. The second-order valence-corrected chi connectivity index (χ2v) is 9.31. The smallest absolute Gasteiger partial charge is 0.223 e. The average molecular weight is 374 g/mol. The van der Waals surface area contributed by atoms with Crippen molar-refractivity contribution < 1.29 is 14.6 Å². The van der Waals surface area contributed by atoms with Crippen LogP contribution in [-0.4, -0.2) is 30.8 Å². The first-order valence-corrected chi connectivity index (χ1v) is 10.4. The fourth-order valence-electron chi connectivity index (χ4n) is 5.03. The van der Waals surface area contributed by atoms with Crippen molar-refractivity contribution in [1.29, 1.82) is 0 Å². The number of phenols is 1. The molecule has 1 amide bonds. The summed E-state index contributed by atoms with van der Waals surface area (Å²) >= 11 is 0. The van der Waals surface area contributed by atoms with Crippen LogP contribution in [0.1, 0.15) is 70.4 Å². The van der Waals surface area contributed by atoms with Gasteiger partial charge in [-0.25, -0.2) is 0 Å². The summed E-state index contributed by atoms with van der Waals surface area (Å²) in [4.78, 5) is 12.6. The number of fused-ring (bicyclic) bond motifs is 1. The van der Waals surface area contributed by atoms with Gasteiger partial charge in [0.2, 0.25) is 5.91 Å². The van der Waals surface area contributed by atoms with Gasteiger partial charge < -0.3 is 15.2 Å². The molecule has 3 rings (SSSR count). The third-order valence-corrected chi connectivity index (χ3v) is 7.50. The number of aromatic hydroxyl groups is 1. The third-order valence-electron chi connectivity index (χ3n) is 7.50. The number of aryl methyl sites for hydroxylation is 1. The van der Waals surface area contributed by atoms with E-state index in [-0.39, 0.29) is 22.7 Å². The van der Waals surface area contributed by atoms with Gasteiger partial charge in [0.25, 0.3) is 0 Å². The summed E-state index contributed by atoms with van der Waals surface area (Å²) in [6.45, 7) is 7.68. The molecule has 27 heavy (non-hydrogen) atoms. The maximum absolute atomic E-state index is 12.6. The van der Waals surface area contributed by atoms with E-state index >= 15 is 0 Å². The molecule has 0 saturated heterocycles. The molecule has 2 aliphatic rings. The predicted molar refractivity (Wildman–Crippen MR) is 108 cm³/mol. The maximum Gasteiger partial charge on any atom is 0.223 e. The van der Waals surface area contributed by atoms with E-state index in [1.54, 1.807) is 13.2 Å². The molecule has 4 heteroatoms. The second kappa shape index (κ2) is 7.83. The first kappa shape index (κ1) is 20.2. The van der Waals surface area contributed by atoms with Crippen LogP contribution >= 0.6 is 0 Å². The zero-order valence-electron chi connectivity index (χ0n) is 17.3. The van der Waals surface area contributed by atoms with Crippen LogP contribution in [0.5, 0.6) is 5.75 Å².